The first-order valence-electron chi connectivity index (χ1n) is 19.2. The first-order chi connectivity index (χ1) is 27.2. The summed E-state index contributed by atoms with van der Waals surface area (Å²) in [7, 11) is 0. The zero-order valence-electron chi connectivity index (χ0n) is 33.8. The van der Waals surface area contributed by atoms with E-state index in [-0.39, 0.29) is 36.3 Å². The lowest BCUT2D eigenvalue weighted by atomic mass is 9.96. The zero-order valence-corrected chi connectivity index (χ0v) is 34.6. The van der Waals surface area contributed by atoms with Crippen molar-refractivity contribution in [3.05, 3.63) is 64.5 Å². The number of hydrogen-bond donors (Lipinski definition) is 4. The van der Waals surface area contributed by atoms with Crippen LogP contribution in [0.5, 0.6) is 11.6 Å². The third-order valence-corrected chi connectivity index (χ3v) is 10.00. The molecule has 1 fully saturated rings. The Morgan fingerprint density at radius 3 is 2.53 bits per heavy atom. The third kappa shape index (κ3) is 12.2. The number of hydrogen-bond acceptors (Lipinski definition) is 15. The van der Waals surface area contributed by atoms with Crippen molar-refractivity contribution in [2.45, 2.75) is 66.5 Å². The number of aromatic nitrogens is 2. The van der Waals surface area contributed by atoms with E-state index in [9.17, 15) is 19.2 Å². The standard InChI is InChI=1S/C40H54N8O8S/c1-8-47(9-2)15-14-41-37(51)29-20-25(3)33(43-26(29)4)22-31-30-21-27(10-11-32(30)44-38(31)52)55-34(49)12-13-35(50)56-28(23-42-40(5,6)7)24-54-39-36(45-57-46-39)48-16-18-53-19-17-48/h10-13,21-22,28,42-43H,8-9,14-20,23-24H2,1-7H3,(H,41,51)(H,44,52)/b13-12+,31-22-/t28-/m0/s1. The molecule has 57 heavy (non-hydrogen) atoms. The van der Waals surface area contributed by atoms with Gasteiger partial charge in [0.15, 0.2) is 0 Å². The van der Waals surface area contributed by atoms with Crippen LogP contribution in [0, 0.1) is 0 Å². The Labute approximate surface area is 338 Å². The quantitative estimate of drug-likeness (QED) is 0.103. The number of esters is 2. The monoisotopic (exact) mass is 806 g/mol. The molecule has 0 unspecified atom stereocenters. The number of nitrogens with one attached hydrogen (secondary N) is 4. The van der Waals surface area contributed by atoms with Crippen LogP contribution < -0.4 is 35.6 Å². The minimum absolute atomic E-state index is 0.00307. The first kappa shape index (κ1) is 43.0. The van der Waals surface area contributed by atoms with Crippen LogP contribution in [-0.4, -0.2) is 115 Å². The maximum absolute atomic E-state index is 13.1. The third-order valence-electron chi connectivity index (χ3n) is 9.50. The molecule has 0 bridgehead atoms. The molecule has 0 aliphatic carbocycles. The Morgan fingerprint density at radius 2 is 1.81 bits per heavy atom. The van der Waals surface area contributed by atoms with Crippen molar-refractivity contribution < 1.29 is 38.1 Å². The van der Waals surface area contributed by atoms with Gasteiger partial charge in [0.05, 0.1) is 30.5 Å². The van der Waals surface area contributed by atoms with Crippen molar-refractivity contribution in [2.24, 2.45) is 0 Å². The Balaban J connectivity index is 1.19. The van der Waals surface area contributed by atoms with E-state index in [2.05, 4.69) is 48.8 Å². The van der Waals surface area contributed by atoms with Crippen molar-refractivity contribution in [1.29, 1.82) is 0 Å². The van der Waals surface area contributed by atoms with Gasteiger partial charge in [-0.2, -0.15) is 4.37 Å². The first-order valence-corrected chi connectivity index (χ1v) is 20.0. The zero-order chi connectivity index (χ0) is 41.1. The number of likely N-dealkylation sites (N-methyl/N-ethyl adjacent to an activating group) is 1. The Morgan fingerprint density at radius 1 is 1.07 bits per heavy atom. The predicted molar refractivity (Wildman–Crippen MR) is 218 cm³/mol. The molecule has 0 saturated carbocycles. The fraction of sp³-hybridized carbons (Fsp3) is 0.500. The van der Waals surface area contributed by atoms with Crippen molar-refractivity contribution in [2.75, 3.05) is 75.9 Å². The summed E-state index contributed by atoms with van der Waals surface area (Å²) < 4.78 is 31.3. The molecule has 3 aliphatic heterocycles. The maximum Gasteiger partial charge on any atom is 0.336 e. The van der Waals surface area contributed by atoms with E-state index in [1.807, 2.05) is 39.5 Å². The normalized spacial score (nSPS) is 17.2. The molecule has 4 N–H and O–H groups in total. The van der Waals surface area contributed by atoms with Crippen LogP contribution >= 0.6 is 11.7 Å². The van der Waals surface area contributed by atoms with Crippen molar-refractivity contribution >= 4 is 52.6 Å². The van der Waals surface area contributed by atoms with E-state index in [1.54, 1.807) is 24.3 Å². The molecule has 2 amide bonds. The van der Waals surface area contributed by atoms with Crippen LogP contribution in [0.15, 0.2) is 59.0 Å². The van der Waals surface area contributed by atoms with Gasteiger partial charge in [-0.3, -0.25) is 9.59 Å². The number of fused-ring (bicyclic) bond motifs is 1. The molecule has 5 rings (SSSR count). The van der Waals surface area contributed by atoms with E-state index >= 15 is 0 Å². The van der Waals surface area contributed by atoms with Gasteiger partial charge in [0.25, 0.3) is 11.8 Å². The Kier molecular flexibility index (Phi) is 15.0. The van der Waals surface area contributed by atoms with Gasteiger partial charge >= 0.3 is 11.9 Å². The minimum Gasteiger partial charge on any atom is -0.470 e. The molecule has 17 heteroatoms. The highest BCUT2D eigenvalue weighted by Gasteiger charge is 2.28. The number of rotatable bonds is 17. The second-order valence-electron chi connectivity index (χ2n) is 14.8. The average molecular weight is 807 g/mol. The highest BCUT2D eigenvalue weighted by molar-refractivity contribution is 6.99. The van der Waals surface area contributed by atoms with E-state index in [1.165, 1.54) is 0 Å². The molecule has 0 radical (unpaired) electrons. The minimum atomic E-state index is -0.810. The van der Waals surface area contributed by atoms with E-state index in [0.29, 0.717) is 84.8 Å². The summed E-state index contributed by atoms with van der Waals surface area (Å²) in [6.07, 6.45) is 3.43. The fourth-order valence-electron chi connectivity index (χ4n) is 6.23. The van der Waals surface area contributed by atoms with Gasteiger partial charge in [-0.05, 0) is 77.6 Å². The molecule has 16 nitrogen and oxygen atoms in total. The molecular formula is C40H54N8O8S. The van der Waals surface area contributed by atoms with Crippen molar-refractivity contribution in [3.8, 4) is 11.6 Å². The SMILES string of the molecule is CCN(CC)CCNC(=O)C1=C(C)NC(/C=C2\C(=O)Nc3ccc(OC(=O)/C=C/C(=O)O[C@@H](CNC(C)(C)C)COc4nsnc4N4CCOCC4)cc32)=C(C)C1. The van der Waals surface area contributed by atoms with Gasteiger partial charge in [0, 0.05) is 85.1 Å². The average Bonchev–Trinajstić information content (AvgIpc) is 3.78. The number of allylic oxidation sites excluding steroid dienone is 3. The number of morpholine rings is 1. The predicted octanol–water partition coefficient (Wildman–Crippen LogP) is 3.55. The van der Waals surface area contributed by atoms with Crippen LogP contribution in [0.2, 0.25) is 0 Å². The largest absolute Gasteiger partial charge is 0.470 e. The topological polar surface area (TPSA) is 186 Å². The van der Waals surface area contributed by atoms with E-state index in [4.69, 9.17) is 18.9 Å². The summed E-state index contributed by atoms with van der Waals surface area (Å²) in [6, 6.07) is 4.78. The number of benzene rings is 1. The van der Waals surface area contributed by atoms with Crippen LogP contribution in [0.1, 0.15) is 60.5 Å². The van der Waals surface area contributed by atoms with Gasteiger partial charge in [-0.25, -0.2) is 9.59 Å². The Hall–Kier alpha value is -5.10. The summed E-state index contributed by atoms with van der Waals surface area (Å²) in [5.74, 6) is -0.858. The molecule has 0 spiro atoms. The molecule has 1 aromatic carbocycles. The second-order valence-corrected chi connectivity index (χ2v) is 15.4. The van der Waals surface area contributed by atoms with Gasteiger partial charge in [0.2, 0.25) is 11.7 Å². The van der Waals surface area contributed by atoms with Crippen molar-refractivity contribution in [1.82, 2.24) is 29.6 Å². The lowest BCUT2D eigenvalue weighted by Crippen LogP contribution is -2.44. The molecule has 2 aromatic rings. The van der Waals surface area contributed by atoms with Gasteiger partial charge in [-0.1, -0.05) is 13.8 Å². The summed E-state index contributed by atoms with van der Waals surface area (Å²) in [5.41, 5.74) is 4.15. The van der Waals surface area contributed by atoms with Crippen LogP contribution in [0.4, 0.5) is 11.5 Å². The molecule has 1 atom stereocenters. The fourth-order valence-corrected chi connectivity index (χ4v) is 6.75. The maximum atomic E-state index is 13.1. The van der Waals surface area contributed by atoms with E-state index in [0.717, 1.165) is 49.1 Å². The smallest absolute Gasteiger partial charge is 0.336 e. The number of nitrogens with zero attached hydrogens (tertiary/aromatic N) is 4. The number of dihydropyridines is 1. The van der Waals surface area contributed by atoms with Crippen molar-refractivity contribution in [3.63, 3.8) is 0 Å². The van der Waals surface area contributed by atoms with Crippen LogP contribution in [-0.2, 0) is 28.7 Å². The number of amides is 2. The molecule has 1 aromatic heterocycles. The molecule has 4 heterocycles. The summed E-state index contributed by atoms with van der Waals surface area (Å²) in [4.78, 5) is 56.1. The molecule has 1 saturated heterocycles. The number of carbonyl (C=O) groups excluding carboxylic acids is 4. The molecular weight excluding hydrogens is 753 g/mol. The van der Waals surface area contributed by atoms with Crippen LogP contribution in [0.25, 0.3) is 5.57 Å². The highest BCUT2D eigenvalue weighted by Crippen LogP contribution is 2.36. The highest BCUT2D eigenvalue weighted by atomic mass is 32.1. The lowest BCUT2D eigenvalue weighted by Gasteiger charge is -2.27. The van der Waals surface area contributed by atoms with Gasteiger partial charge in [0.1, 0.15) is 18.5 Å². The summed E-state index contributed by atoms with van der Waals surface area (Å²) in [5, 5.41) is 12.5. The van der Waals surface area contributed by atoms with Crippen LogP contribution in [0.3, 0.4) is 0 Å². The number of carbonyl (C=O) groups is 4. The summed E-state index contributed by atoms with van der Waals surface area (Å²) in [6.45, 7) is 19.9. The Bertz CT molecular complexity index is 1920. The van der Waals surface area contributed by atoms with E-state index < -0.39 is 18.0 Å². The second kappa shape index (κ2) is 19.9. The summed E-state index contributed by atoms with van der Waals surface area (Å²) >= 11 is 1.04. The molecule has 3 aliphatic rings. The van der Waals surface area contributed by atoms with Gasteiger partial charge < -0.3 is 50.0 Å². The molecule has 308 valence electrons. The number of ether oxygens (including phenoxy) is 4. The lowest BCUT2D eigenvalue weighted by molar-refractivity contribution is -0.145. The number of anilines is 2. The van der Waals surface area contributed by atoms with Gasteiger partial charge in [-0.15, -0.1) is 4.37 Å².